The first-order chi connectivity index (χ1) is 12.8. The number of benzene rings is 2. The molecule has 0 bridgehead atoms. The van der Waals surface area contributed by atoms with Crippen LogP contribution in [-0.4, -0.2) is 42.4 Å². The number of nitrogens with zero attached hydrogens (tertiary/aromatic N) is 1. The Kier molecular flexibility index (Phi) is 4.76. The van der Waals surface area contributed by atoms with Gasteiger partial charge in [-0.1, -0.05) is 60.2 Å². The van der Waals surface area contributed by atoms with Crippen molar-refractivity contribution < 1.29 is 14.6 Å². The minimum absolute atomic E-state index is 0.0697. The van der Waals surface area contributed by atoms with Crippen LogP contribution in [0.4, 0.5) is 4.79 Å². The van der Waals surface area contributed by atoms with Gasteiger partial charge in [-0.05, 0) is 35.1 Å². The van der Waals surface area contributed by atoms with E-state index in [1.807, 2.05) is 18.2 Å². The molecular weight excluding hydrogens is 326 g/mol. The summed E-state index contributed by atoms with van der Waals surface area (Å²) in [5, 5.41) is 8.98. The first-order valence-electron chi connectivity index (χ1n) is 9.16. The maximum Gasteiger partial charge on any atom is 0.409 e. The number of fused-ring (bicyclic) bond motifs is 3. The molecule has 0 atom stereocenters. The second-order valence-electron chi connectivity index (χ2n) is 6.84. The summed E-state index contributed by atoms with van der Waals surface area (Å²) >= 11 is 0. The van der Waals surface area contributed by atoms with Gasteiger partial charge in [0.15, 0.2) is 0 Å². The predicted molar refractivity (Wildman–Crippen MR) is 101 cm³/mol. The van der Waals surface area contributed by atoms with Crippen LogP contribution in [0.2, 0.25) is 0 Å². The molecule has 0 aromatic heterocycles. The summed E-state index contributed by atoms with van der Waals surface area (Å²) < 4.78 is 5.69. The fourth-order valence-corrected chi connectivity index (χ4v) is 4.00. The number of carbonyl (C=O) groups excluding carboxylic acids is 1. The Bertz CT molecular complexity index is 787. The van der Waals surface area contributed by atoms with E-state index in [0.717, 1.165) is 12.8 Å². The highest BCUT2D eigenvalue weighted by molar-refractivity contribution is 5.79. The van der Waals surface area contributed by atoms with Crippen LogP contribution < -0.4 is 0 Å². The zero-order valence-corrected chi connectivity index (χ0v) is 14.7. The SMILES string of the molecule is O=C(OCC1c2ccccc2-c2ccccc21)N1CCC(=CCO)CC1. The van der Waals surface area contributed by atoms with Crippen molar-refractivity contribution in [1.29, 1.82) is 0 Å². The van der Waals surface area contributed by atoms with Gasteiger partial charge in [-0.2, -0.15) is 0 Å². The lowest BCUT2D eigenvalue weighted by atomic mass is 9.98. The molecule has 1 amide bonds. The van der Waals surface area contributed by atoms with E-state index in [1.165, 1.54) is 27.8 Å². The standard InChI is InChI=1S/C22H23NO3/c24-14-11-16-9-12-23(13-10-16)22(25)26-15-21-19-7-3-1-5-17(19)18-6-2-4-8-20(18)21/h1-8,11,21,24H,9-10,12-15H2. The zero-order chi connectivity index (χ0) is 17.9. The number of amides is 1. The van der Waals surface area contributed by atoms with Crippen LogP contribution in [0.25, 0.3) is 11.1 Å². The minimum atomic E-state index is -0.241. The van der Waals surface area contributed by atoms with Crippen LogP contribution in [0.1, 0.15) is 29.9 Å². The number of aliphatic hydroxyl groups is 1. The van der Waals surface area contributed by atoms with Crippen molar-refractivity contribution in [3.63, 3.8) is 0 Å². The molecule has 0 spiro atoms. The lowest BCUT2D eigenvalue weighted by molar-refractivity contribution is 0.0969. The molecule has 0 saturated carbocycles. The monoisotopic (exact) mass is 349 g/mol. The highest BCUT2D eigenvalue weighted by Crippen LogP contribution is 2.44. The van der Waals surface area contributed by atoms with Crippen molar-refractivity contribution in [2.45, 2.75) is 18.8 Å². The molecule has 1 aliphatic carbocycles. The summed E-state index contributed by atoms with van der Waals surface area (Å²) in [6, 6.07) is 16.7. The summed E-state index contributed by atoms with van der Waals surface area (Å²) in [5.41, 5.74) is 6.15. The molecule has 2 aromatic rings. The van der Waals surface area contributed by atoms with Crippen LogP contribution in [0.5, 0.6) is 0 Å². The first-order valence-corrected chi connectivity index (χ1v) is 9.16. The third kappa shape index (κ3) is 3.13. The Balaban J connectivity index is 1.44. The molecule has 1 N–H and O–H groups in total. The van der Waals surface area contributed by atoms with Gasteiger partial charge in [0.2, 0.25) is 0 Å². The lowest BCUT2D eigenvalue weighted by Crippen LogP contribution is -2.37. The number of hydrogen-bond acceptors (Lipinski definition) is 3. The fourth-order valence-electron chi connectivity index (χ4n) is 4.00. The second kappa shape index (κ2) is 7.34. The number of carbonyl (C=O) groups is 1. The Morgan fingerprint density at radius 1 is 1.04 bits per heavy atom. The van der Waals surface area contributed by atoms with Crippen molar-refractivity contribution in [3.8, 4) is 11.1 Å². The normalized spacial score (nSPS) is 16.2. The molecule has 4 heteroatoms. The van der Waals surface area contributed by atoms with E-state index in [1.54, 1.807) is 4.90 Å². The van der Waals surface area contributed by atoms with Gasteiger partial charge in [-0.25, -0.2) is 4.79 Å². The molecule has 134 valence electrons. The van der Waals surface area contributed by atoms with E-state index >= 15 is 0 Å². The van der Waals surface area contributed by atoms with E-state index in [4.69, 9.17) is 9.84 Å². The van der Waals surface area contributed by atoms with Crippen molar-refractivity contribution in [3.05, 3.63) is 71.3 Å². The van der Waals surface area contributed by atoms with Gasteiger partial charge < -0.3 is 14.7 Å². The summed E-state index contributed by atoms with van der Waals surface area (Å²) in [4.78, 5) is 14.2. The van der Waals surface area contributed by atoms with Crippen molar-refractivity contribution in [1.82, 2.24) is 4.90 Å². The summed E-state index contributed by atoms with van der Waals surface area (Å²) in [5.74, 6) is 0.0981. The largest absolute Gasteiger partial charge is 0.448 e. The second-order valence-corrected chi connectivity index (χ2v) is 6.84. The molecule has 4 nitrogen and oxygen atoms in total. The van der Waals surface area contributed by atoms with E-state index in [-0.39, 0.29) is 18.6 Å². The van der Waals surface area contributed by atoms with Crippen LogP contribution in [0, 0.1) is 0 Å². The number of piperidine rings is 1. The summed E-state index contributed by atoms with van der Waals surface area (Å²) in [6.45, 7) is 1.74. The number of rotatable bonds is 3. The number of aliphatic hydroxyl groups excluding tert-OH is 1. The van der Waals surface area contributed by atoms with E-state index in [2.05, 4.69) is 36.4 Å². The van der Waals surface area contributed by atoms with Crippen LogP contribution in [0.15, 0.2) is 60.2 Å². The van der Waals surface area contributed by atoms with Gasteiger partial charge >= 0.3 is 6.09 Å². The third-order valence-corrected chi connectivity index (χ3v) is 5.38. The van der Waals surface area contributed by atoms with E-state index < -0.39 is 0 Å². The minimum Gasteiger partial charge on any atom is -0.448 e. The molecule has 26 heavy (non-hydrogen) atoms. The van der Waals surface area contributed by atoms with Crippen molar-refractivity contribution >= 4 is 6.09 Å². The molecule has 2 aromatic carbocycles. The smallest absolute Gasteiger partial charge is 0.409 e. The van der Waals surface area contributed by atoms with Gasteiger partial charge in [-0.3, -0.25) is 0 Å². The first kappa shape index (κ1) is 16.9. The van der Waals surface area contributed by atoms with Gasteiger partial charge in [0, 0.05) is 19.0 Å². The lowest BCUT2D eigenvalue weighted by Gasteiger charge is -2.28. The predicted octanol–water partition coefficient (Wildman–Crippen LogP) is 3.95. The number of hydrogen-bond donors (Lipinski definition) is 1. The van der Waals surface area contributed by atoms with Gasteiger partial charge in [0.05, 0.1) is 6.61 Å². The van der Waals surface area contributed by atoms with Gasteiger partial charge in [0.1, 0.15) is 6.61 Å². The van der Waals surface area contributed by atoms with Crippen LogP contribution in [0.3, 0.4) is 0 Å². The Labute approximate surface area is 153 Å². The zero-order valence-electron chi connectivity index (χ0n) is 14.7. The molecular formula is C22H23NO3. The average Bonchev–Trinajstić information content (AvgIpc) is 3.01. The Morgan fingerprint density at radius 3 is 2.19 bits per heavy atom. The summed E-state index contributed by atoms with van der Waals surface area (Å²) in [6.07, 6.45) is 3.22. The van der Waals surface area contributed by atoms with Gasteiger partial charge in [-0.15, -0.1) is 0 Å². The highest BCUT2D eigenvalue weighted by atomic mass is 16.6. The van der Waals surface area contributed by atoms with E-state index in [9.17, 15) is 4.79 Å². The maximum atomic E-state index is 12.5. The topological polar surface area (TPSA) is 49.8 Å². The Morgan fingerprint density at radius 2 is 1.62 bits per heavy atom. The molecule has 2 aliphatic rings. The van der Waals surface area contributed by atoms with Crippen LogP contribution in [-0.2, 0) is 4.74 Å². The molecule has 1 aliphatic heterocycles. The van der Waals surface area contributed by atoms with Gasteiger partial charge in [0.25, 0.3) is 0 Å². The van der Waals surface area contributed by atoms with E-state index in [0.29, 0.717) is 19.7 Å². The molecule has 0 radical (unpaired) electrons. The third-order valence-electron chi connectivity index (χ3n) is 5.38. The van der Waals surface area contributed by atoms with Crippen LogP contribution >= 0.6 is 0 Å². The van der Waals surface area contributed by atoms with Crippen molar-refractivity contribution in [2.75, 3.05) is 26.3 Å². The molecule has 1 heterocycles. The number of likely N-dealkylation sites (tertiary alicyclic amines) is 1. The fraction of sp³-hybridized carbons (Fsp3) is 0.318. The summed E-state index contributed by atoms with van der Waals surface area (Å²) in [7, 11) is 0. The maximum absolute atomic E-state index is 12.5. The number of ether oxygens (including phenoxy) is 1. The quantitative estimate of drug-likeness (QED) is 0.854. The Hall–Kier alpha value is -2.59. The molecule has 4 rings (SSSR count). The highest BCUT2D eigenvalue weighted by Gasteiger charge is 2.30. The van der Waals surface area contributed by atoms with Crippen molar-refractivity contribution in [2.24, 2.45) is 0 Å². The average molecular weight is 349 g/mol. The molecule has 1 saturated heterocycles. The molecule has 1 fully saturated rings. The molecule has 0 unspecified atom stereocenters.